The Morgan fingerprint density at radius 3 is 1.75 bits per heavy atom. The number of carbonyl (C=O) groups excluding carboxylic acids is 4. The highest BCUT2D eigenvalue weighted by Crippen LogP contribution is 2.08. The minimum atomic E-state index is -1.30. The summed E-state index contributed by atoms with van der Waals surface area (Å²) in [6.45, 7) is 9.86. The molecule has 0 saturated heterocycles. The molecule has 0 heterocycles. The van der Waals surface area contributed by atoms with Gasteiger partial charge in [-0.05, 0) is 41.5 Å². The smallest absolute Gasteiger partial charge is 0.414 e. The number of amides is 3. The van der Waals surface area contributed by atoms with Crippen molar-refractivity contribution in [2.75, 3.05) is 7.11 Å². The number of ether oxygens (including phenoxy) is 3. The van der Waals surface area contributed by atoms with Crippen LogP contribution in [0.25, 0.3) is 0 Å². The van der Waals surface area contributed by atoms with E-state index in [-0.39, 0.29) is 0 Å². The van der Waals surface area contributed by atoms with E-state index in [2.05, 4.69) is 10.1 Å². The van der Waals surface area contributed by atoms with Gasteiger partial charge in [0.2, 0.25) is 5.91 Å². The van der Waals surface area contributed by atoms with Crippen molar-refractivity contribution >= 4 is 24.1 Å². The summed E-state index contributed by atoms with van der Waals surface area (Å²) in [6.07, 6.45) is -2.35. The standard InChI is InChI=1S/C15H26N2O7/c1-14(2,3)23-12(20)16-9(11(19)22-7)8-10(18)17-13(21)24-15(4,5)6/h9H,8H2,1-7H3,(H,16,20)(H,17,18,21)/t9-/m0/s1. The molecule has 0 aliphatic rings. The molecule has 0 fully saturated rings. The lowest BCUT2D eigenvalue weighted by molar-refractivity contribution is -0.144. The average molecular weight is 346 g/mol. The number of hydrogen-bond acceptors (Lipinski definition) is 7. The Hall–Kier alpha value is -2.32. The summed E-state index contributed by atoms with van der Waals surface area (Å²) < 4.78 is 14.5. The fraction of sp³-hybridized carbons (Fsp3) is 0.733. The third-order valence-corrected chi connectivity index (χ3v) is 2.21. The molecular weight excluding hydrogens is 320 g/mol. The summed E-state index contributed by atoms with van der Waals surface area (Å²) in [7, 11) is 1.11. The Kier molecular flexibility index (Phi) is 7.69. The first kappa shape index (κ1) is 21.7. The van der Waals surface area contributed by atoms with Gasteiger partial charge in [-0.3, -0.25) is 10.1 Å². The van der Waals surface area contributed by atoms with E-state index in [1.807, 2.05) is 5.32 Å². The predicted octanol–water partition coefficient (Wildman–Crippen LogP) is 1.49. The highest BCUT2D eigenvalue weighted by atomic mass is 16.6. The van der Waals surface area contributed by atoms with Gasteiger partial charge < -0.3 is 19.5 Å². The molecule has 9 heteroatoms. The first-order valence-corrected chi connectivity index (χ1v) is 7.33. The molecule has 0 aromatic heterocycles. The number of esters is 1. The van der Waals surface area contributed by atoms with Crippen LogP contribution >= 0.6 is 0 Å². The van der Waals surface area contributed by atoms with E-state index in [0.29, 0.717) is 0 Å². The van der Waals surface area contributed by atoms with Crippen LogP contribution in [0, 0.1) is 0 Å². The van der Waals surface area contributed by atoms with Crippen LogP contribution in [0.4, 0.5) is 9.59 Å². The molecule has 0 aromatic rings. The SMILES string of the molecule is COC(=O)[C@H](CC(=O)NC(=O)OC(C)(C)C)NC(=O)OC(C)(C)C. The van der Waals surface area contributed by atoms with Crippen molar-refractivity contribution in [1.82, 2.24) is 10.6 Å². The molecule has 0 spiro atoms. The van der Waals surface area contributed by atoms with Crippen molar-refractivity contribution in [1.29, 1.82) is 0 Å². The van der Waals surface area contributed by atoms with E-state index in [1.54, 1.807) is 41.5 Å². The number of carbonyl (C=O) groups is 4. The second kappa shape index (κ2) is 8.51. The van der Waals surface area contributed by atoms with Gasteiger partial charge in [0.05, 0.1) is 13.5 Å². The normalized spacial score (nSPS) is 12.6. The maximum Gasteiger partial charge on any atom is 0.414 e. The molecular formula is C15H26N2O7. The molecule has 0 aromatic carbocycles. The second-order valence-corrected chi connectivity index (χ2v) is 6.98. The number of rotatable bonds is 4. The second-order valence-electron chi connectivity index (χ2n) is 6.98. The first-order valence-electron chi connectivity index (χ1n) is 7.33. The van der Waals surface area contributed by atoms with Crippen molar-refractivity contribution < 1.29 is 33.4 Å². The molecule has 138 valence electrons. The number of methoxy groups -OCH3 is 1. The molecule has 0 aliphatic carbocycles. The van der Waals surface area contributed by atoms with Gasteiger partial charge in [0, 0.05) is 0 Å². The Bertz CT molecular complexity index is 489. The Morgan fingerprint density at radius 2 is 1.33 bits per heavy atom. The highest BCUT2D eigenvalue weighted by Gasteiger charge is 2.28. The monoisotopic (exact) mass is 346 g/mol. The van der Waals surface area contributed by atoms with Gasteiger partial charge in [-0.25, -0.2) is 14.4 Å². The summed E-state index contributed by atoms with van der Waals surface area (Å²) >= 11 is 0. The van der Waals surface area contributed by atoms with Gasteiger partial charge in [0.15, 0.2) is 0 Å². The molecule has 0 radical (unpaired) electrons. The molecule has 24 heavy (non-hydrogen) atoms. The zero-order chi connectivity index (χ0) is 19.1. The number of nitrogens with one attached hydrogen (secondary N) is 2. The van der Waals surface area contributed by atoms with E-state index < -0.39 is 47.7 Å². The van der Waals surface area contributed by atoms with Crippen LogP contribution < -0.4 is 10.6 Å². The maximum atomic E-state index is 11.8. The van der Waals surface area contributed by atoms with Crippen LogP contribution in [0.5, 0.6) is 0 Å². The zero-order valence-corrected chi connectivity index (χ0v) is 15.1. The Morgan fingerprint density at radius 1 is 0.875 bits per heavy atom. The number of hydrogen-bond donors (Lipinski definition) is 2. The van der Waals surface area contributed by atoms with E-state index in [1.165, 1.54) is 0 Å². The van der Waals surface area contributed by atoms with Gasteiger partial charge in [-0.1, -0.05) is 0 Å². The fourth-order valence-corrected chi connectivity index (χ4v) is 1.44. The number of imide groups is 1. The lowest BCUT2D eigenvalue weighted by atomic mass is 10.2. The molecule has 3 amide bonds. The molecule has 0 bridgehead atoms. The minimum Gasteiger partial charge on any atom is -0.467 e. The molecule has 1 atom stereocenters. The first-order chi connectivity index (χ1) is 10.7. The predicted molar refractivity (Wildman–Crippen MR) is 84.2 cm³/mol. The summed E-state index contributed by atoms with van der Waals surface area (Å²) in [4.78, 5) is 46.7. The quantitative estimate of drug-likeness (QED) is 0.584. The van der Waals surface area contributed by atoms with E-state index in [9.17, 15) is 19.2 Å². The molecule has 0 unspecified atom stereocenters. The maximum absolute atomic E-state index is 11.8. The third-order valence-electron chi connectivity index (χ3n) is 2.21. The fourth-order valence-electron chi connectivity index (χ4n) is 1.44. The lowest BCUT2D eigenvalue weighted by Crippen LogP contribution is -2.47. The van der Waals surface area contributed by atoms with Gasteiger partial charge in [0.25, 0.3) is 0 Å². The summed E-state index contributed by atoms with van der Waals surface area (Å²) in [5, 5.41) is 4.20. The van der Waals surface area contributed by atoms with Crippen LogP contribution in [0.3, 0.4) is 0 Å². The Labute approximate surface area is 141 Å². The summed E-state index contributed by atoms with van der Waals surface area (Å²) in [5.74, 6) is -1.66. The summed E-state index contributed by atoms with van der Waals surface area (Å²) in [5.41, 5.74) is -1.55. The van der Waals surface area contributed by atoms with Gasteiger partial charge >= 0.3 is 18.2 Å². The van der Waals surface area contributed by atoms with E-state index >= 15 is 0 Å². The lowest BCUT2D eigenvalue weighted by Gasteiger charge is -2.22. The van der Waals surface area contributed by atoms with Crippen LogP contribution in [-0.2, 0) is 23.8 Å². The van der Waals surface area contributed by atoms with Crippen molar-refractivity contribution in [3.05, 3.63) is 0 Å². The molecule has 0 rings (SSSR count). The summed E-state index contributed by atoms with van der Waals surface area (Å²) in [6, 6.07) is -1.30. The third kappa shape index (κ3) is 10.4. The molecule has 2 N–H and O–H groups in total. The van der Waals surface area contributed by atoms with Crippen molar-refractivity contribution in [3.8, 4) is 0 Å². The minimum absolute atomic E-state index is 0.509. The van der Waals surface area contributed by atoms with E-state index in [4.69, 9.17) is 9.47 Å². The number of alkyl carbamates (subject to hydrolysis) is 2. The molecule has 9 nitrogen and oxygen atoms in total. The van der Waals surface area contributed by atoms with Crippen molar-refractivity contribution in [2.24, 2.45) is 0 Å². The largest absolute Gasteiger partial charge is 0.467 e. The zero-order valence-electron chi connectivity index (χ0n) is 15.1. The van der Waals surface area contributed by atoms with Gasteiger partial charge in [-0.15, -0.1) is 0 Å². The molecule has 0 saturated carbocycles. The van der Waals surface area contributed by atoms with Crippen LogP contribution in [0.15, 0.2) is 0 Å². The molecule has 0 aliphatic heterocycles. The Balaban J connectivity index is 4.74. The van der Waals surface area contributed by atoms with E-state index in [0.717, 1.165) is 7.11 Å². The topological polar surface area (TPSA) is 120 Å². The van der Waals surface area contributed by atoms with Crippen molar-refractivity contribution in [3.63, 3.8) is 0 Å². The van der Waals surface area contributed by atoms with Crippen LogP contribution in [0.2, 0.25) is 0 Å². The van der Waals surface area contributed by atoms with Crippen molar-refractivity contribution in [2.45, 2.75) is 65.2 Å². The van der Waals surface area contributed by atoms with Crippen LogP contribution in [-0.4, -0.2) is 48.4 Å². The highest BCUT2D eigenvalue weighted by molar-refractivity contribution is 5.95. The average Bonchev–Trinajstić information content (AvgIpc) is 2.31. The van der Waals surface area contributed by atoms with Gasteiger partial charge in [-0.2, -0.15) is 0 Å². The van der Waals surface area contributed by atoms with Gasteiger partial charge in [0.1, 0.15) is 17.2 Å². The van der Waals surface area contributed by atoms with Crippen LogP contribution in [0.1, 0.15) is 48.0 Å².